The number of rotatable bonds is 7. The van der Waals surface area contributed by atoms with Gasteiger partial charge in [0.25, 0.3) is 0 Å². The number of carbonyl (C=O) groups excluding carboxylic acids is 1. The second-order valence-corrected chi connectivity index (χ2v) is 4.17. The fourth-order valence-electron chi connectivity index (χ4n) is 1.49. The van der Waals surface area contributed by atoms with Crippen LogP contribution in [0.2, 0.25) is 0 Å². The van der Waals surface area contributed by atoms with Crippen molar-refractivity contribution in [1.82, 2.24) is 5.32 Å². The normalized spacial score (nSPS) is 10.6. The summed E-state index contributed by atoms with van der Waals surface area (Å²) in [6.45, 7) is -0.931. The lowest BCUT2D eigenvalue weighted by Crippen LogP contribution is -2.20. The summed E-state index contributed by atoms with van der Waals surface area (Å²) < 4.78 is 46.2. The van der Waals surface area contributed by atoms with E-state index < -0.39 is 12.8 Å². The van der Waals surface area contributed by atoms with Gasteiger partial charge in [0.1, 0.15) is 0 Å². The largest absolute Gasteiger partial charge is 0.493 e. The average molecular weight is 343 g/mol. The predicted molar refractivity (Wildman–Crippen MR) is 79.0 cm³/mol. The Labute approximate surface area is 132 Å². The van der Waals surface area contributed by atoms with Gasteiger partial charge < -0.3 is 20.1 Å². The second-order valence-electron chi connectivity index (χ2n) is 4.17. The topological polar surface area (TPSA) is 59.6 Å². The molecule has 5 nitrogen and oxygen atoms in total. The Morgan fingerprint density at radius 1 is 1.27 bits per heavy atom. The first kappa shape index (κ1) is 20.3. The molecule has 2 N–H and O–H groups in total. The van der Waals surface area contributed by atoms with Gasteiger partial charge in [0.15, 0.2) is 18.1 Å². The van der Waals surface area contributed by atoms with E-state index in [1.165, 1.54) is 25.3 Å². The van der Waals surface area contributed by atoms with Crippen LogP contribution in [0.4, 0.5) is 18.9 Å². The zero-order valence-electron chi connectivity index (χ0n) is 12.1. The smallest absolute Gasteiger partial charge is 0.422 e. The molecule has 0 aromatic heterocycles. The molecule has 0 atom stereocenters. The number of hydrogen-bond donors (Lipinski definition) is 2. The molecule has 9 heteroatoms. The van der Waals surface area contributed by atoms with Crippen LogP contribution in [0.25, 0.3) is 0 Å². The average Bonchev–Trinajstić information content (AvgIpc) is 2.42. The van der Waals surface area contributed by atoms with Crippen LogP contribution >= 0.6 is 12.4 Å². The highest BCUT2D eigenvalue weighted by Crippen LogP contribution is 2.31. The van der Waals surface area contributed by atoms with E-state index in [0.717, 1.165) is 0 Å². The number of benzene rings is 1. The molecule has 0 radical (unpaired) electrons. The molecular formula is C13H18ClF3N2O3. The number of hydrogen-bond acceptors (Lipinski definition) is 4. The van der Waals surface area contributed by atoms with Crippen molar-refractivity contribution in [3.05, 3.63) is 18.2 Å². The Balaban J connectivity index is 0.00000441. The summed E-state index contributed by atoms with van der Waals surface area (Å²) >= 11 is 0. The lowest BCUT2D eigenvalue weighted by molar-refractivity contribution is -0.153. The van der Waals surface area contributed by atoms with Crippen molar-refractivity contribution in [3.8, 4) is 11.5 Å². The molecule has 126 valence electrons. The summed E-state index contributed by atoms with van der Waals surface area (Å²) in [5.74, 6) is -0.176. The van der Waals surface area contributed by atoms with E-state index in [1.54, 1.807) is 7.05 Å². The number of alkyl halides is 3. The van der Waals surface area contributed by atoms with Gasteiger partial charge in [-0.3, -0.25) is 4.79 Å². The molecular weight excluding hydrogens is 325 g/mol. The van der Waals surface area contributed by atoms with Crippen molar-refractivity contribution in [2.45, 2.75) is 12.6 Å². The van der Waals surface area contributed by atoms with Crippen LogP contribution in [0, 0.1) is 0 Å². The van der Waals surface area contributed by atoms with Gasteiger partial charge in [-0.25, -0.2) is 0 Å². The molecule has 0 fully saturated rings. The van der Waals surface area contributed by atoms with Gasteiger partial charge >= 0.3 is 6.18 Å². The van der Waals surface area contributed by atoms with Crippen molar-refractivity contribution < 1.29 is 27.4 Å². The minimum atomic E-state index is -4.45. The quantitative estimate of drug-likeness (QED) is 0.799. The van der Waals surface area contributed by atoms with Crippen LogP contribution in [0.3, 0.4) is 0 Å². The first-order valence-electron chi connectivity index (χ1n) is 6.17. The van der Waals surface area contributed by atoms with Crippen molar-refractivity contribution >= 4 is 24.0 Å². The minimum absolute atomic E-state index is 0. The summed E-state index contributed by atoms with van der Waals surface area (Å²) in [6, 6.07) is 4.25. The van der Waals surface area contributed by atoms with Crippen molar-refractivity contribution in [2.24, 2.45) is 0 Å². The molecule has 0 heterocycles. The summed E-state index contributed by atoms with van der Waals surface area (Å²) in [5, 5.41) is 5.39. The highest BCUT2D eigenvalue weighted by molar-refractivity contribution is 5.91. The molecule has 1 aromatic rings. The molecule has 22 heavy (non-hydrogen) atoms. The van der Waals surface area contributed by atoms with E-state index in [0.29, 0.717) is 12.2 Å². The molecule has 0 aliphatic carbocycles. The third kappa shape index (κ3) is 7.37. The molecule has 0 spiro atoms. The van der Waals surface area contributed by atoms with Crippen molar-refractivity contribution in [1.29, 1.82) is 0 Å². The zero-order chi connectivity index (χ0) is 15.9. The molecule has 0 saturated carbocycles. The summed E-state index contributed by atoms with van der Waals surface area (Å²) in [5.41, 5.74) is 0.342. The fourth-order valence-corrected chi connectivity index (χ4v) is 1.49. The maximum Gasteiger partial charge on any atom is 0.422 e. The van der Waals surface area contributed by atoms with Gasteiger partial charge in [-0.15, -0.1) is 12.4 Å². The van der Waals surface area contributed by atoms with Gasteiger partial charge in [0.2, 0.25) is 5.91 Å². The number of ether oxygens (including phenoxy) is 2. The highest BCUT2D eigenvalue weighted by atomic mass is 35.5. The minimum Gasteiger partial charge on any atom is -0.493 e. The maximum absolute atomic E-state index is 12.2. The highest BCUT2D eigenvalue weighted by Gasteiger charge is 2.29. The van der Waals surface area contributed by atoms with Crippen LogP contribution in [0.1, 0.15) is 6.42 Å². The van der Waals surface area contributed by atoms with Crippen LogP contribution in [-0.2, 0) is 4.79 Å². The van der Waals surface area contributed by atoms with E-state index in [1.807, 2.05) is 0 Å². The Kier molecular flexibility index (Phi) is 8.66. The maximum atomic E-state index is 12.2. The van der Waals surface area contributed by atoms with Crippen LogP contribution in [0.15, 0.2) is 18.2 Å². The van der Waals surface area contributed by atoms with E-state index in [2.05, 4.69) is 15.4 Å². The fraction of sp³-hybridized carbons (Fsp3) is 0.462. The second kappa shape index (κ2) is 9.37. The van der Waals surface area contributed by atoms with Gasteiger partial charge in [0.05, 0.1) is 7.11 Å². The number of amides is 1. The van der Waals surface area contributed by atoms with Gasteiger partial charge in [-0.1, -0.05) is 0 Å². The summed E-state index contributed by atoms with van der Waals surface area (Å²) in [6.07, 6.45) is -4.20. The lowest BCUT2D eigenvalue weighted by atomic mass is 10.2. The number of halogens is 4. The third-order valence-corrected chi connectivity index (χ3v) is 2.44. The Hall–Kier alpha value is -1.67. The molecule has 0 saturated heterocycles. The molecule has 0 bridgehead atoms. The molecule has 1 amide bonds. The summed E-state index contributed by atoms with van der Waals surface area (Å²) in [4.78, 5) is 11.6. The SMILES string of the molecule is CNCCC(=O)Nc1ccc(OC)c(OCC(F)(F)F)c1.Cl. The predicted octanol–water partition coefficient (Wildman–Crippen LogP) is 2.61. The summed E-state index contributed by atoms with van der Waals surface area (Å²) in [7, 11) is 3.03. The number of nitrogens with one attached hydrogen (secondary N) is 2. The molecule has 0 aliphatic rings. The molecule has 0 aliphatic heterocycles. The number of anilines is 1. The lowest BCUT2D eigenvalue weighted by Gasteiger charge is -2.14. The molecule has 1 aromatic carbocycles. The molecule has 1 rings (SSSR count). The Morgan fingerprint density at radius 2 is 1.95 bits per heavy atom. The van der Waals surface area contributed by atoms with E-state index in [-0.39, 0.29) is 36.2 Å². The van der Waals surface area contributed by atoms with Crippen LogP contribution in [0.5, 0.6) is 11.5 Å². The third-order valence-electron chi connectivity index (χ3n) is 2.44. The zero-order valence-corrected chi connectivity index (χ0v) is 12.9. The van der Waals surface area contributed by atoms with Crippen molar-refractivity contribution in [3.63, 3.8) is 0 Å². The van der Waals surface area contributed by atoms with E-state index in [4.69, 9.17) is 4.74 Å². The van der Waals surface area contributed by atoms with Crippen LogP contribution in [-0.4, -0.2) is 39.4 Å². The van der Waals surface area contributed by atoms with Crippen molar-refractivity contribution in [2.75, 3.05) is 32.6 Å². The first-order valence-corrected chi connectivity index (χ1v) is 6.17. The number of carbonyl (C=O) groups is 1. The van der Waals surface area contributed by atoms with E-state index in [9.17, 15) is 18.0 Å². The monoisotopic (exact) mass is 342 g/mol. The van der Waals surface area contributed by atoms with E-state index >= 15 is 0 Å². The van der Waals surface area contributed by atoms with Crippen LogP contribution < -0.4 is 20.1 Å². The Bertz CT molecular complexity index is 484. The Morgan fingerprint density at radius 3 is 2.50 bits per heavy atom. The standard InChI is InChI=1S/C13H17F3N2O3.ClH/c1-17-6-5-12(19)18-9-3-4-10(20-2)11(7-9)21-8-13(14,15)16;/h3-4,7,17H,5-6,8H2,1-2H3,(H,18,19);1H. The van der Waals surface area contributed by atoms with Gasteiger partial charge in [-0.2, -0.15) is 13.2 Å². The molecule has 0 unspecified atom stereocenters. The van der Waals surface area contributed by atoms with Gasteiger partial charge in [0, 0.05) is 24.7 Å². The first-order chi connectivity index (χ1) is 9.85. The number of methoxy groups -OCH3 is 1. The van der Waals surface area contributed by atoms with Gasteiger partial charge in [-0.05, 0) is 19.2 Å².